The van der Waals surface area contributed by atoms with Gasteiger partial charge in [0.2, 0.25) is 0 Å². The van der Waals surface area contributed by atoms with Crippen LogP contribution >= 0.6 is 0 Å². The van der Waals surface area contributed by atoms with Gasteiger partial charge in [-0.25, -0.2) is 0 Å². The zero-order valence-corrected chi connectivity index (χ0v) is 16.5. The summed E-state index contributed by atoms with van der Waals surface area (Å²) in [5, 5.41) is 0. The quantitative estimate of drug-likeness (QED) is 0.317. The molecule has 1 atom stereocenters. The van der Waals surface area contributed by atoms with Gasteiger partial charge >= 0.3 is 161 Å². The Balaban J connectivity index is 1.81. The number of rotatable bonds is 6. The molecule has 3 nitrogen and oxygen atoms in total. The van der Waals surface area contributed by atoms with Crippen LogP contribution < -0.4 is 4.46 Å². The molecule has 2 aromatic carbocycles. The third-order valence-corrected chi connectivity index (χ3v) is 5.88. The topological polar surface area (TPSA) is 37.4 Å². The summed E-state index contributed by atoms with van der Waals surface area (Å²) in [6.45, 7) is 2.14. The van der Waals surface area contributed by atoms with Crippen molar-refractivity contribution in [2.24, 2.45) is 0 Å². The molecule has 26 heavy (non-hydrogen) atoms. The summed E-state index contributed by atoms with van der Waals surface area (Å²) in [6, 6.07) is 16.8. The first kappa shape index (κ1) is 18.5. The van der Waals surface area contributed by atoms with E-state index in [1.165, 1.54) is 9.36 Å². The summed E-state index contributed by atoms with van der Waals surface area (Å²) >= 11 is 0.0168. The first-order valence-electron chi connectivity index (χ1n) is 8.91. The maximum absolute atomic E-state index is 12.8. The number of fused-ring (bicyclic) bond motifs is 1. The molecule has 0 aromatic heterocycles. The standard InChI is InChI=1S/C22H21NO2Se/c1-2-3-5-10-17(15-16-26-18-11-6-4-7-12-18)23-21(24)19-13-8-9-14-20(19)22(23)25/h4,6-9,11-14,17H,2-3,5,10H2,1H3/t17-/m1/s1. The third kappa shape index (κ3) is 4.07. The fourth-order valence-corrected chi connectivity index (χ4v) is 4.26. The summed E-state index contributed by atoms with van der Waals surface area (Å²) in [4.78, 5) is 30.1. The van der Waals surface area contributed by atoms with Crippen LogP contribution in [0.15, 0.2) is 54.6 Å². The molecular weight excluding hydrogens is 389 g/mol. The first-order valence-corrected chi connectivity index (χ1v) is 10.6. The molecule has 0 saturated carbocycles. The maximum atomic E-state index is 12.8. The molecule has 132 valence electrons. The van der Waals surface area contributed by atoms with E-state index in [1.54, 1.807) is 24.3 Å². The molecule has 4 heteroatoms. The monoisotopic (exact) mass is 411 g/mol. The van der Waals surface area contributed by atoms with E-state index in [1.807, 2.05) is 18.2 Å². The Hall–Kier alpha value is -2.34. The van der Waals surface area contributed by atoms with E-state index < -0.39 is 0 Å². The molecule has 1 aliphatic rings. The number of imide groups is 1. The minimum atomic E-state index is -0.348. The number of carbonyl (C=O) groups excluding carboxylic acids is 2. The van der Waals surface area contributed by atoms with Crippen molar-refractivity contribution in [3.05, 3.63) is 65.7 Å². The van der Waals surface area contributed by atoms with Crippen molar-refractivity contribution in [3.8, 4) is 10.7 Å². The zero-order valence-electron chi connectivity index (χ0n) is 14.8. The zero-order chi connectivity index (χ0) is 18.4. The summed E-state index contributed by atoms with van der Waals surface area (Å²) in [7, 11) is 0. The van der Waals surface area contributed by atoms with Crippen LogP contribution in [0.2, 0.25) is 0 Å². The van der Waals surface area contributed by atoms with E-state index in [0.29, 0.717) is 11.1 Å². The van der Waals surface area contributed by atoms with Gasteiger partial charge in [0.15, 0.2) is 0 Å². The van der Waals surface area contributed by atoms with Gasteiger partial charge < -0.3 is 0 Å². The summed E-state index contributed by atoms with van der Waals surface area (Å²) in [5.41, 5.74) is 0.988. The third-order valence-electron chi connectivity index (χ3n) is 4.36. The van der Waals surface area contributed by atoms with E-state index in [9.17, 15) is 9.59 Å². The van der Waals surface area contributed by atoms with Gasteiger partial charge in [-0.2, -0.15) is 0 Å². The van der Waals surface area contributed by atoms with Gasteiger partial charge in [-0.15, -0.1) is 0 Å². The van der Waals surface area contributed by atoms with Crippen molar-refractivity contribution < 1.29 is 9.59 Å². The van der Waals surface area contributed by atoms with Crippen LogP contribution in [0.1, 0.15) is 53.3 Å². The van der Waals surface area contributed by atoms with Crippen LogP contribution in [0.25, 0.3) is 0 Å². The van der Waals surface area contributed by atoms with Gasteiger partial charge in [-0.05, 0) is 0 Å². The second kappa shape index (κ2) is 8.85. The Morgan fingerprint density at radius 1 is 0.923 bits per heavy atom. The van der Waals surface area contributed by atoms with Gasteiger partial charge in [0.1, 0.15) is 0 Å². The van der Waals surface area contributed by atoms with Crippen molar-refractivity contribution in [1.29, 1.82) is 0 Å². The van der Waals surface area contributed by atoms with Gasteiger partial charge in [0.25, 0.3) is 0 Å². The first-order chi connectivity index (χ1) is 12.7. The average Bonchev–Trinajstić information content (AvgIpc) is 2.93. The van der Waals surface area contributed by atoms with Gasteiger partial charge in [-0.3, -0.25) is 0 Å². The molecular formula is C22H21NO2Se. The molecule has 0 N–H and O–H groups in total. The van der Waals surface area contributed by atoms with Crippen molar-refractivity contribution in [3.63, 3.8) is 0 Å². The summed E-state index contributed by atoms with van der Waals surface area (Å²) < 4.78 is 1.20. The molecule has 0 bridgehead atoms. The van der Waals surface area contributed by atoms with E-state index in [0.717, 1.165) is 25.7 Å². The number of nitrogens with zero attached hydrogens (tertiary/aromatic N) is 1. The fourth-order valence-electron chi connectivity index (χ4n) is 2.99. The SMILES string of the molecule is CCCCC[C@H](C#C[Se]c1ccccc1)N1C(=O)c2ccccc2C1=O. The molecule has 0 aliphatic carbocycles. The summed E-state index contributed by atoms with van der Waals surface area (Å²) in [6.07, 6.45) is 3.86. The van der Waals surface area contributed by atoms with E-state index in [4.69, 9.17) is 0 Å². The second-order valence-electron chi connectivity index (χ2n) is 6.20. The molecule has 2 amide bonds. The second-order valence-corrected chi connectivity index (χ2v) is 8.04. The minimum absolute atomic E-state index is 0.0168. The van der Waals surface area contributed by atoms with Crippen LogP contribution in [0.4, 0.5) is 0 Å². The molecule has 3 rings (SSSR count). The van der Waals surface area contributed by atoms with Crippen LogP contribution in [0.5, 0.6) is 0 Å². The van der Waals surface area contributed by atoms with E-state index >= 15 is 0 Å². The van der Waals surface area contributed by atoms with Gasteiger partial charge in [0, 0.05) is 0 Å². The Bertz CT molecular complexity index is 816. The predicted octanol–water partition coefficient (Wildman–Crippen LogP) is 3.22. The number of hydrogen-bond donors (Lipinski definition) is 0. The number of amides is 2. The average molecular weight is 410 g/mol. The van der Waals surface area contributed by atoms with Crippen LogP contribution in [0, 0.1) is 10.7 Å². The van der Waals surface area contributed by atoms with Crippen molar-refractivity contribution in [1.82, 2.24) is 4.90 Å². The molecule has 1 aliphatic heterocycles. The Morgan fingerprint density at radius 3 is 2.15 bits per heavy atom. The number of unbranched alkanes of at least 4 members (excludes halogenated alkanes) is 2. The van der Waals surface area contributed by atoms with Crippen LogP contribution in [-0.2, 0) is 0 Å². The van der Waals surface area contributed by atoms with Crippen molar-refractivity contribution in [2.75, 3.05) is 0 Å². The molecule has 0 unspecified atom stereocenters. The number of hydrogen-bond acceptors (Lipinski definition) is 2. The van der Waals surface area contributed by atoms with Crippen molar-refractivity contribution >= 4 is 31.2 Å². The normalized spacial score (nSPS) is 14.0. The Kier molecular flexibility index (Phi) is 6.28. The molecule has 1 heterocycles. The van der Waals surface area contributed by atoms with Crippen molar-refractivity contribution in [2.45, 2.75) is 38.6 Å². The van der Waals surface area contributed by atoms with Crippen LogP contribution in [0.3, 0.4) is 0 Å². The summed E-state index contributed by atoms with van der Waals surface area (Å²) in [5.74, 6) is 2.80. The fraction of sp³-hybridized carbons (Fsp3) is 0.273. The molecule has 0 spiro atoms. The molecule has 0 saturated heterocycles. The van der Waals surface area contributed by atoms with E-state index in [-0.39, 0.29) is 32.8 Å². The molecule has 0 fully saturated rings. The van der Waals surface area contributed by atoms with E-state index in [2.05, 4.69) is 29.8 Å². The predicted molar refractivity (Wildman–Crippen MR) is 104 cm³/mol. The Morgan fingerprint density at radius 2 is 1.54 bits per heavy atom. The van der Waals surface area contributed by atoms with Crippen LogP contribution in [-0.4, -0.2) is 37.7 Å². The molecule has 2 aromatic rings. The Labute approximate surface area is 160 Å². The number of benzene rings is 2. The number of carbonyl (C=O) groups is 2. The van der Waals surface area contributed by atoms with Gasteiger partial charge in [-0.1, -0.05) is 0 Å². The molecule has 0 radical (unpaired) electrons. The van der Waals surface area contributed by atoms with Gasteiger partial charge in [0.05, 0.1) is 0 Å².